The second kappa shape index (κ2) is 5.01. The largest absolute Gasteiger partial charge is 0.425 e. The topological polar surface area (TPSA) is 26.3 Å². The lowest BCUT2D eigenvalue weighted by atomic mass is 10.1. The SMILES string of the molecule is CCC(=O)Oc1c(Cl)cccc1CC. The number of esters is 1. The Morgan fingerprint density at radius 3 is 2.71 bits per heavy atom. The molecule has 14 heavy (non-hydrogen) atoms. The molecule has 1 rings (SSSR count). The summed E-state index contributed by atoms with van der Waals surface area (Å²) in [5, 5.41) is 0.492. The maximum atomic E-state index is 11.1. The molecule has 0 bridgehead atoms. The molecular formula is C11H13ClO2. The molecule has 0 aromatic heterocycles. The van der Waals surface area contributed by atoms with E-state index in [2.05, 4.69) is 0 Å². The van der Waals surface area contributed by atoms with Gasteiger partial charge in [0, 0.05) is 6.42 Å². The smallest absolute Gasteiger partial charge is 0.310 e. The summed E-state index contributed by atoms with van der Waals surface area (Å²) in [6.45, 7) is 3.75. The van der Waals surface area contributed by atoms with E-state index in [1.807, 2.05) is 19.1 Å². The summed E-state index contributed by atoms with van der Waals surface area (Å²) < 4.78 is 5.15. The molecule has 3 heteroatoms. The predicted octanol–water partition coefficient (Wildman–Crippen LogP) is 3.22. The molecule has 0 amide bonds. The van der Waals surface area contributed by atoms with Crippen LogP contribution in [0, 0.1) is 0 Å². The van der Waals surface area contributed by atoms with Crippen LogP contribution >= 0.6 is 11.6 Å². The fraction of sp³-hybridized carbons (Fsp3) is 0.364. The third-order valence-corrected chi connectivity index (χ3v) is 2.23. The van der Waals surface area contributed by atoms with E-state index in [-0.39, 0.29) is 5.97 Å². The van der Waals surface area contributed by atoms with Gasteiger partial charge in [0.2, 0.25) is 0 Å². The molecule has 0 aliphatic heterocycles. The van der Waals surface area contributed by atoms with E-state index in [4.69, 9.17) is 16.3 Å². The van der Waals surface area contributed by atoms with Crippen molar-refractivity contribution in [3.8, 4) is 5.75 Å². The summed E-state index contributed by atoms with van der Waals surface area (Å²) in [4.78, 5) is 11.1. The van der Waals surface area contributed by atoms with E-state index in [0.717, 1.165) is 12.0 Å². The van der Waals surface area contributed by atoms with Crippen LogP contribution in [0.4, 0.5) is 0 Å². The highest BCUT2D eigenvalue weighted by Crippen LogP contribution is 2.29. The summed E-state index contributed by atoms with van der Waals surface area (Å²) in [6, 6.07) is 5.48. The molecule has 0 heterocycles. The zero-order valence-corrected chi connectivity index (χ0v) is 9.10. The summed E-state index contributed by atoms with van der Waals surface area (Å²) in [6.07, 6.45) is 1.15. The Balaban J connectivity index is 2.98. The third-order valence-electron chi connectivity index (χ3n) is 1.93. The minimum absolute atomic E-state index is 0.257. The number of hydrogen-bond donors (Lipinski definition) is 0. The molecule has 0 radical (unpaired) electrons. The van der Waals surface area contributed by atoms with Gasteiger partial charge in [-0.05, 0) is 18.1 Å². The average Bonchev–Trinajstić information content (AvgIpc) is 2.20. The number of ether oxygens (including phenoxy) is 1. The van der Waals surface area contributed by atoms with E-state index in [1.54, 1.807) is 13.0 Å². The lowest BCUT2D eigenvalue weighted by Gasteiger charge is -2.09. The van der Waals surface area contributed by atoms with Gasteiger partial charge in [-0.1, -0.05) is 37.6 Å². The average molecular weight is 213 g/mol. The van der Waals surface area contributed by atoms with Crippen molar-refractivity contribution in [2.75, 3.05) is 0 Å². The minimum Gasteiger partial charge on any atom is -0.425 e. The molecule has 0 aliphatic carbocycles. The summed E-state index contributed by atoms with van der Waals surface area (Å²) >= 11 is 5.93. The van der Waals surface area contributed by atoms with E-state index in [0.29, 0.717) is 17.2 Å². The van der Waals surface area contributed by atoms with Crippen LogP contribution in [0.15, 0.2) is 18.2 Å². The highest BCUT2D eigenvalue weighted by Gasteiger charge is 2.10. The van der Waals surface area contributed by atoms with Gasteiger partial charge in [-0.25, -0.2) is 0 Å². The van der Waals surface area contributed by atoms with Crippen molar-refractivity contribution >= 4 is 17.6 Å². The first-order chi connectivity index (χ1) is 6.69. The number of rotatable bonds is 3. The van der Waals surface area contributed by atoms with Gasteiger partial charge in [-0.15, -0.1) is 0 Å². The number of benzene rings is 1. The van der Waals surface area contributed by atoms with Gasteiger partial charge in [-0.3, -0.25) is 4.79 Å². The maximum absolute atomic E-state index is 11.1. The molecule has 2 nitrogen and oxygen atoms in total. The van der Waals surface area contributed by atoms with Crippen molar-refractivity contribution in [1.29, 1.82) is 0 Å². The van der Waals surface area contributed by atoms with Crippen LogP contribution in [0.3, 0.4) is 0 Å². The van der Waals surface area contributed by atoms with Crippen LogP contribution in [-0.4, -0.2) is 5.97 Å². The molecular weight excluding hydrogens is 200 g/mol. The van der Waals surface area contributed by atoms with Crippen LogP contribution in [0.25, 0.3) is 0 Å². The number of carbonyl (C=O) groups excluding carboxylic acids is 1. The number of aryl methyl sites for hydroxylation is 1. The van der Waals surface area contributed by atoms with Gasteiger partial charge in [0.05, 0.1) is 5.02 Å². The quantitative estimate of drug-likeness (QED) is 0.568. The second-order valence-corrected chi connectivity index (χ2v) is 3.32. The molecule has 1 aromatic carbocycles. The Bertz CT molecular complexity index is 334. The Morgan fingerprint density at radius 1 is 1.43 bits per heavy atom. The Labute approximate surface area is 88.8 Å². The molecule has 0 unspecified atom stereocenters. The van der Waals surface area contributed by atoms with Crippen LogP contribution < -0.4 is 4.74 Å². The molecule has 0 N–H and O–H groups in total. The normalized spacial score (nSPS) is 9.93. The highest BCUT2D eigenvalue weighted by atomic mass is 35.5. The maximum Gasteiger partial charge on any atom is 0.310 e. The first kappa shape index (κ1) is 11.1. The minimum atomic E-state index is -0.257. The Hall–Kier alpha value is -1.02. The monoisotopic (exact) mass is 212 g/mol. The van der Waals surface area contributed by atoms with Gasteiger partial charge in [-0.2, -0.15) is 0 Å². The van der Waals surface area contributed by atoms with Crippen molar-refractivity contribution < 1.29 is 9.53 Å². The lowest BCUT2D eigenvalue weighted by Crippen LogP contribution is -2.07. The van der Waals surface area contributed by atoms with Crippen molar-refractivity contribution in [1.82, 2.24) is 0 Å². The standard InChI is InChI=1S/C11H13ClO2/c1-3-8-6-5-7-9(12)11(8)14-10(13)4-2/h5-7H,3-4H2,1-2H3. The fourth-order valence-corrected chi connectivity index (χ4v) is 1.36. The molecule has 0 spiro atoms. The number of halogens is 1. The molecule has 0 saturated heterocycles. The first-order valence-electron chi connectivity index (χ1n) is 4.67. The Morgan fingerprint density at radius 2 is 2.14 bits per heavy atom. The molecule has 0 fully saturated rings. The van der Waals surface area contributed by atoms with Gasteiger partial charge in [0.1, 0.15) is 0 Å². The third kappa shape index (κ3) is 2.48. The molecule has 76 valence electrons. The van der Waals surface area contributed by atoms with Crippen LogP contribution in [0.1, 0.15) is 25.8 Å². The fourth-order valence-electron chi connectivity index (χ4n) is 1.13. The second-order valence-electron chi connectivity index (χ2n) is 2.91. The first-order valence-corrected chi connectivity index (χ1v) is 5.04. The van der Waals surface area contributed by atoms with Crippen molar-refractivity contribution in [3.63, 3.8) is 0 Å². The van der Waals surface area contributed by atoms with Crippen LogP contribution in [0.2, 0.25) is 5.02 Å². The van der Waals surface area contributed by atoms with Crippen molar-refractivity contribution in [2.45, 2.75) is 26.7 Å². The Kier molecular flexibility index (Phi) is 3.96. The number of carbonyl (C=O) groups is 1. The van der Waals surface area contributed by atoms with E-state index in [9.17, 15) is 4.79 Å². The summed E-state index contributed by atoms with van der Waals surface area (Å²) in [7, 11) is 0. The van der Waals surface area contributed by atoms with Gasteiger partial charge in [0.15, 0.2) is 5.75 Å². The number of para-hydroxylation sites is 1. The van der Waals surface area contributed by atoms with Gasteiger partial charge < -0.3 is 4.74 Å². The highest BCUT2D eigenvalue weighted by molar-refractivity contribution is 6.32. The summed E-state index contributed by atoms with van der Waals surface area (Å²) in [5.74, 6) is 0.247. The lowest BCUT2D eigenvalue weighted by molar-refractivity contribution is -0.134. The molecule has 0 aliphatic rings. The van der Waals surface area contributed by atoms with Crippen LogP contribution in [0.5, 0.6) is 5.75 Å². The van der Waals surface area contributed by atoms with Crippen molar-refractivity contribution in [3.05, 3.63) is 28.8 Å². The molecule has 0 saturated carbocycles. The van der Waals surface area contributed by atoms with E-state index in [1.165, 1.54) is 0 Å². The van der Waals surface area contributed by atoms with Crippen molar-refractivity contribution in [2.24, 2.45) is 0 Å². The van der Waals surface area contributed by atoms with Gasteiger partial charge in [0.25, 0.3) is 0 Å². The zero-order valence-electron chi connectivity index (χ0n) is 8.34. The van der Waals surface area contributed by atoms with E-state index < -0.39 is 0 Å². The van der Waals surface area contributed by atoms with E-state index >= 15 is 0 Å². The number of hydrogen-bond acceptors (Lipinski definition) is 2. The predicted molar refractivity (Wildman–Crippen MR) is 56.8 cm³/mol. The molecule has 1 aromatic rings. The van der Waals surface area contributed by atoms with Gasteiger partial charge >= 0.3 is 5.97 Å². The van der Waals surface area contributed by atoms with Crippen LogP contribution in [-0.2, 0) is 11.2 Å². The summed E-state index contributed by atoms with van der Waals surface area (Å²) in [5.41, 5.74) is 0.958. The zero-order chi connectivity index (χ0) is 10.6. The molecule has 0 atom stereocenters.